The van der Waals surface area contributed by atoms with E-state index in [1.165, 1.54) is 5.56 Å². The molecule has 1 aliphatic rings. The van der Waals surface area contributed by atoms with Crippen LogP contribution < -0.4 is 0 Å². The average Bonchev–Trinajstić information content (AvgIpc) is 3.19. The van der Waals surface area contributed by atoms with Crippen molar-refractivity contribution in [2.75, 3.05) is 26.3 Å². The first-order chi connectivity index (χ1) is 11.7. The van der Waals surface area contributed by atoms with Crippen LogP contribution in [-0.4, -0.2) is 41.7 Å². The molecule has 1 aliphatic heterocycles. The zero-order chi connectivity index (χ0) is 16.5. The lowest BCUT2D eigenvalue weighted by molar-refractivity contribution is 0.0296. The molecule has 4 rings (SSSR count). The number of thiophene rings is 1. The molecule has 0 saturated carbocycles. The molecule has 1 fully saturated rings. The highest BCUT2D eigenvalue weighted by Gasteiger charge is 2.23. The normalized spacial score (nSPS) is 15.1. The summed E-state index contributed by atoms with van der Waals surface area (Å²) in [5.41, 5.74) is 3.07. The molecule has 0 spiro atoms. The van der Waals surface area contributed by atoms with Crippen molar-refractivity contribution in [3.8, 4) is 0 Å². The van der Waals surface area contributed by atoms with Crippen LogP contribution in [0.2, 0.25) is 0 Å². The molecule has 0 N–H and O–H groups in total. The Morgan fingerprint density at radius 1 is 1.17 bits per heavy atom. The summed E-state index contributed by atoms with van der Waals surface area (Å²) in [6.07, 6.45) is 0. The van der Waals surface area contributed by atoms with E-state index in [9.17, 15) is 4.79 Å². The maximum atomic E-state index is 13.0. The summed E-state index contributed by atoms with van der Waals surface area (Å²) in [6, 6.07) is 12.4. The van der Waals surface area contributed by atoms with Gasteiger partial charge >= 0.3 is 0 Å². The van der Waals surface area contributed by atoms with Gasteiger partial charge in [0.2, 0.25) is 0 Å². The van der Waals surface area contributed by atoms with Crippen LogP contribution in [0, 0.1) is 0 Å². The van der Waals surface area contributed by atoms with Gasteiger partial charge in [0, 0.05) is 24.1 Å². The van der Waals surface area contributed by atoms with Gasteiger partial charge in [0.05, 0.1) is 23.4 Å². The lowest BCUT2D eigenvalue weighted by Crippen LogP contribution is -2.41. The number of nitrogens with zero attached hydrogens (tertiary/aromatic N) is 2. The number of fused-ring (bicyclic) bond motifs is 1. The van der Waals surface area contributed by atoms with Crippen molar-refractivity contribution in [3.63, 3.8) is 0 Å². The second-order valence-electron chi connectivity index (χ2n) is 5.82. The molecule has 0 bridgehead atoms. The topological polar surface area (TPSA) is 34.5 Å². The first-order valence-electron chi connectivity index (χ1n) is 7.90. The van der Waals surface area contributed by atoms with E-state index in [1.54, 1.807) is 11.3 Å². The Bertz CT molecular complexity index is 863. The quantitative estimate of drug-likeness (QED) is 0.661. The van der Waals surface area contributed by atoms with Gasteiger partial charge in [-0.2, -0.15) is 0 Å². The van der Waals surface area contributed by atoms with Gasteiger partial charge in [-0.05, 0) is 35.2 Å². The van der Waals surface area contributed by atoms with Crippen LogP contribution in [0.4, 0.5) is 0 Å². The third kappa shape index (κ3) is 3.01. The van der Waals surface area contributed by atoms with Crippen LogP contribution in [0.3, 0.4) is 0 Å². The molecule has 2 aromatic heterocycles. The maximum absolute atomic E-state index is 13.0. The molecule has 0 unspecified atom stereocenters. The van der Waals surface area contributed by atoms with Crippen LogP contribution >= 0.6 is 27.3 Å². The van der Waals surface area contributed by atoms with E-state index < -0.39 is 0 Å². The minimum atomic E-state index is 0.0961. The first-order valence-corrected chi connectivity index (χ1v) is 9.58. The van der Waals surface area contributed by atoms with Crippen molar-refractivity contribution in [1.82, 2.24) is 9.47 Å². The number of carbonyl (C=O) groups is 1. The molecule has 6 heteroatoms. The van der Waals surface area contributed by atoms with Crippen molar-refractivity contribution in [2.45, 2.75) is 6.54 Å². The van der Waals surface area contributed by atoms with Gasteiger partial charge < -0.3 is 14.2 Å². The van der Waals surface area contributed by atoms with Crippen LogP contribution in [0.15, 0.2) is 46.3 Å². The van der Waals surface area contributed by atoms with Gasteiger partial charge in [0.15, 0.2) is 0 Å². The summed E-state index contributed by atoms with van der Waals surface area (Å²) in [6.45, 7) is 3.26. The second kappa shape index (κ2) is 6.70. The van der Waals surface area contributed by atoms with Crippen LogP contribution in [0.25, 0.3) is 10.2 Å². The Kier molecular flexibility index (Phi) is 4.43. The summed E-state index contributed by atoms with van der Waals surface area (Å²) in [5, 5.41) is 2.08. The molecular weight excluding hydrogens is 388 g/mol. The highest BCUT2D eigenvalue weighted by Crippen LogP contribution is 2.27. The van der Waals surface area contributed by atoms with E-state index >= 15 is 0 Å². The van der Waals surface area contributed by atoms with E-state index in [1.807, 2.05) is 23.1 Å². The lowest BCUT2D eigenvalue weighted by atomic mass is 10.2. The molecule has 124 valence electrons. The highest BCUT2D eigenvalue weighted by molar-refractivity contribution is 9.10. The lowest BCUT2D eigenvalue weighted by Gasteiger charge is -2.27. The molecule has 0 atom stereocenters. The third-order valence-corrected chi connectivity index (χ3v) is 5.68. The van der Waals surface area contributed by atoms with Gasteiger partial charge in [0.25, 0.3) is 5.91 Å². The minimum Gasteiger partial charge on any atom is -0.378 e. The van der Waals surface area contributed by atoms with Crippen molar-refractivity contribution in [3.05, 3.63) is 57.5 Å². The molecule has 3 aromatic rings. The predicted octanol–water partition coefficient (Wildman–Crippen LogP) is 3.99. The Morgan fingerprint density at radius 2 is 1.92 bits per heavy atom. The number of halogens is 1. The largest absolute Gasteiger partial charge is 0.378 e. The Morgan fingerprint density at radius 3 is 2.67 bits per heavy atom. The van der Waals surface area contributed by atoms with Gasteiger partial charge in [-0.3, -0.25) is 4.79 Å². The Balaban J connectivity index is 1.71. The molecule has 1 saturated heterocycles. The molecule has 0 aliphatic carbocycles. The van der Waals surface area contributed by atoms with Gasteiger partial charge in [-0.25, -0.2) is 0 Å². The van der Waals surface area contributed by atoms with E-state index in [-0.39, 0.29) is 5.91 Å². The minimum absolute atomic E-state index is 0.0961. The van der Waals surface area contributed by atoms with E-state index in [0.29, 0.717) is 32.8 Å². The second-order valence-corrected chi connectivity index (χ2v) is 7.68. The fourth-order valence-corrected chi connectivity index (χ4v) is 4.11. The summed E-state index contributed by atoms with van der Waals surface area (Å²) in [7, 11) is 0. The Labute approximate surface area is 152 Å². The number of benzene rings is 1. The van der Waals surface area contributed by atoms with Gasteiger partial charge in [-0.15, -0.1) is 11.3 Å². The van der Waals surface area contributed by atoms with Crippen LogP contribution in [-0.2, 0) is 11.3 Å². The molecule has 1 aromatic carbocycles. The number of amides is 1. The summed E-state index contributed by atoms with van der Waals surface area (Å²) in [5.74, 6) is 0.0961. The fourth-order valence-electron chi connectivity index (χ4n) is 3.03. The monoisotopic (exact) mass is 404 g/mol. The van der Waals surface area contributed by atoms with E-state index in [0.717, 1.165) is 20.4 Å². The summed E-state index contributed by atoms with van der Waals surface area (Å²) >= 11 is 5.14. The summed E-state index contributed by atoms with van der Waals surface area (Å²) in [4.78, 5) is 14.9. The Hall–Kier alpha value is -1.63. The number of hydrogen-bond donors (Lipinski definition) is 0. The highest BCUT2D eigenvalue weighted by atomic mass is 79.9. The molecule has 3 heterocycles. The van der Waals surface area contributed by atoms with Crippen LogP contribution in [0.5, 0.6) is 0 Å². The molecular formula is C18H17BrN2O2S. The fraction of sp³-hybridized carbons (Fsp3) is 0.278. The number of morpholine rings is 1. The number of ether oxygens (including phenoxy) is 1. The number of rotatable bonds is 3. The van der Waals surface area contributed by atoms with Crippen molar-refractivity contribution >= 4 is 43.4 Å². The predicted molar refractivity (Wildman–Crippen MR) is 99.8 cm³/mol. The zero-order valence-corrected chi connectivity index (χ0v) is 15.5. The van der Waals surface area contributed by atoms with Crippen LogP contribution in [0.1, 0.15) is 16.1 Å². The number of hydrogen-bond acceptors (Lipinski definition) is 3. The van der Waals surface area contributed by atoms with Gasteiger partial charge in [0.1, 0.15) is 5.69 Å². The third-order valence-electron chi connectivity index (χ3n) is 4.29. The standard InChI is InChI=1S/C18H17BrN2O2S/c19-14-3-1-13(2-4-14)12-21-15-5-10-24-17(15)11-16(21)18(22)20-6-8-23-9-7-20/h1-5,10-11H,6-9,12H2. The summed E-state index contributed by atoms with van der Waals surface area (Å²) < 4.78 is 9.71. The van der Waals surface area contributed by atoms with Crippen molar-refractivity contribution in [2.24, 2.45) is 0 Å². The smallest absolute Gasteiger partial charge is 0.270 e. The van der Waals surface area contributed by atoms with Crippen molar-refractivity contribution < 1.29 is 9.53 Å². The van der Waals surface area contributed by atoms with E-state index in [4.69, 9.17) is 4.74 Å². The zero-order valence-electron chi connectivity index (χ0n) is 13.1. The molecule has 24 heavy (non-hydrogen) atoms. The maximum Gasteiger partial charge on any atom is 0.270 e. The molecule has 0 radical (unpaired) electrons. The van der Waals surface area contributed by atoms with E-state index in [2.05, 4.69) is 44.1 Å². The average molecular weight is 405 g/mol. The van der Waals surface area contributed by atoms with Gasteiger partial charge in [-0.1, -0.05) is 28.1 Å². The number of carbonyl (C=O) groups excluding carboxylic acids is 1. The number of aromatic nitrogens is 1. The first kappa shape index (κ1) is 15.9. The molecule has 1 amide bonds. The van der Waals surface area contributed by atoms with Crippen molar-refractivity contribution in [1.29, 1.82) is 0 Å². The SMILES string of the molecule is O=C(c1cc2sccc2n1Cc1ccc(Br)cc1)N1CCOCC1. The molecule has 4 nitrogen and oxygen atoms in total.